The van der Waals surface area contributed by atoms with Crippen LogP contribution in [0.3, 0.4) is 0 Å². The molecule has 1 heterocycles. The molecule has 4 aromatic rings. The maximum atomic E-state index is 17.7. The van der Waals surface area contributed by atoms with Gasteiger partial charge in [-0.3, -0.25) is 3.90 Å². The molecule has 0 radical (unpaired) electrons. The Hall–Kier alpha value is -2.85. The standard InChI is InChI=1S/C32H38F2N2Si3/c1-31(2,3)37(28-21-13-8-14-22-28,29-23-15-9-16-24-29)36-38(32(4,5)6,30-25-17-10-18-26-30)35(39(36,33)34)27-19-11-7-12-20-27/h7-26H,1-6H3. The molecule has 0 spiro atoms. The predicted molar refractivity (Wildman–Crippen MR) is 168 cm³/mol. The highest BCUT2D eigenvalue weighted by atomic mass is 28.6. The average Bonchev–Trinajstić information content (AvgIpc) is 2.90. The van der Waals surface area contributed by atoms with Gasteiger partial charge in [0.15, 0.2) is 8.24 Å². The van der Waals surface area contributed by atoms with Crippen molar-refractivity contribution in [1.82, 2.24) is 3.90 Å². The summed E-state index contributed by atoms with van der Waals surface area (Å²) in [6.45, 7) is 13.1. The van der Waals surface area contributed by atoms with Crippen LogP contribution in [0, 0.1) is 0 Å². The van der Waals surface area contributed by atoms with Crippen LogP contribution in [-0.4, -0.2) is 29.6 Å². The van der Waals surface area contributed by atoms with E-state index in [0.717, 1.165) is 15.6 Å². The first-order chi connectivity index (χ1) is 18.4. The highest BCUT2D eigenvalue weighted by Gasteiger charge is 2.85. The Labute approximate surface area is 235 Å². The highest BCUT2D eigenvalue weighted by molar-refractivity contribution is 7.28. The lowest BCUT2D eigenvalue weighted by atomic mass is 10.2. The topological polar surface area (TPSA) is 6.48 Å². The van der Waals surface area contributed by atoms with Crippen LogP contribution in [0.25, 0.3) is 0 Å². The molecule has 1 saturated heterocycles. The average molecular weight is 573 g/mol. The molecule has 4 aromatic carbocycles. The van der Waals surface area contributed by atoms with Gasteiger partial charge in [0.2, 0.25) is 0 Å². The predicted octanol–water partition coefficient (Wildman–Crippen LogP) is 6.89. The lowest BCUT2D eigenvalue weighted by molar-refractivity contribution is 0.452. The fourth-order valence-electron chi connectivity index (χ4n) is 6.93. The van der Waals surface area contributed by atoms with Gasteiger partial charge in [-0.1, -0.05) is 151 Å². The van der Waals surface area contributed by atoms with Crippen molar-refractivity contribution >= 4 is 46.9 Å². The molecule has 2 nitrogen and oxygen atoms in total. The van der Waals surface area contributed by atoms with E-state index < -0.39 is 35.8 Å². The van der Waals surface area contributed by atoms with E-state index in [0.29, 0.717) is 5.69 Å². The molecular formula is C32H38F2N2Si3. The Morgan fingerprint density at radius 3 is 1.33 bits per heavy atom. The van der Waals surface area contributed by atoms with Gasteiger partial charge >= 0.3 is 9.06 Å². The number of para-hydroxylation sites is 1. The van der Waals surface area contributed by atoms with Crippen molar-refractivity contribution in [3.05, 3.63) is 121 Å². The minimum absolute atomic E-state index is 0.437. The van der Waals surface area contributed by atoms with E-state index in [9.17, 15) is 0 Å². The molecule has 0 N–H and O–H groups in total. The molecule has 202 valence electrons. The van der Waals surface area contributed by atoms with Crippen molar-refractivity contribution in [3.63, 3.8) is 0 Å². The summed E-state index contributed by atoms with van der Waals surface area (Å²) < 4.78 is 39.0. The molecule has 1 aliphatic heterocycles. The maximum Gasteiger partial charge on any atom is 0.614 e. The molecule has 1 unspecified atom stereocenters. The summed E-state index contributed by atoms with van der Waals surface area (Å²) in [6, 6.07) is 40.1. The first kappa shape index (κ1) is 27.7. The summed E-state index contributed by atoms with van der Waals surface area (Å²) in [5.41, 5.74) is 0.633. The highest BCUT2D eigenvalue weighted by Crippen LogP contribution is 2.59. The molecule has 1 fully saturated rings. The number of hydrogen-bond acceptors (Lipinski definition) is 2. The second-order valence-electron chi connectivity index (χ2n) is 12.5. The van der Waals surface area contributed by atoms with Gasteiger partial charge in [-0.2, -0.15) is 0 Å². The summed E-state index contributed by atoms with van der Waals surface area (Å²) >= 11 is 0. The summed E-state index contributed by atoms with van der Waals surface area (Å²) in [5.74, 6) is 0. The van der Waals surface area contributed by atoms with Crippen molar-refractivity contribution < 1.29 is 8.22 Å². The minimum atomic E-state index is -5.20. The quantitative estimate of drug-likeness (QED) is 0.190. The van der Waals surface area contributed by atoms with E-state index in [1.807, 2.05) is 88.8 Å². The second-order valence-corrected chi connectivity index (χ2v) is 25.0. The largest absolute Gasteiger partial charge is 0.614 e. The number of anilines is 1. The molecule has 1 atom stereocenters. The van der Waals surface area contributed by atoms with E-state index in [-0.39, 0.29) is 0 Å². The summed E-state index contributed by atoms with van der Waals surface area (Å²) in [7, 11) is -11.9. The Bertz CT molecular complexity index is 1370. The Morgan fingerprint density at radius 1 is 0.564 bits per heavy atom. The van der Waals surface area contributed by atoms with Crippen LogP contribution >= 0.6 is 0 Å². The monoisotopic (exact) mass is 572 g/mol. The maximum absolute atomic E-state index is 17.7. The first-order valence-electron chi connectivity index (χ1n) is 13.6. The van der Waals surface area contributed by atoms with Gasteiger partial charge in [0.25, 0.3) is 8.40 Å². The van der Waals surface area contributed by atoms with E-state index in [1.54, 1.807) is 4.23 Å². The van der Waals surface area contributed by atoms with Crippen molar-refractivity contribution in [2.75, 3.05) is 4.23 Å². The van der Waals surface area contributed by atoms with Crippen LogP contribution in [0.15, 0.2) is 121 Å². The number of halogens is 2. The van der Waals surface area contributed by atoms with Crippen LogP contribution in [0.5, 0.6) is 0 Å². The second kappa shape index (κ2) is 9.66. The van der Waals surface area contributed by atoms with Crippen molar-refractivity contribution in [2.45, 2.75) is 51.6 Å². The number of nitrogens with zero attached hydrogens (tertiary/aromatic N) is 2. The smallest absolute Gasteiger partial charge is 0.346 e. The van der Waals surface area contributed by atoms with Crippen LogP contribution in [0.1, 0.15) is 41.5 Å². The van der Waals surface area contributed by atoms with Crippen molar-refractivity contribution in [2.24, 2.45) is 0 Å². The van der Waals surface area contributed by atoms with E-state index >= 15 is 8.22 Å². The van der Waals surface area contributed by atoms with Gasteiger partial charge in [-0.05, 0) is 37.8 Å². The van der Waals surface area contributed by atoms with Gasteiger partial charge in [0, 0.05) is 5.69 Å². The zero-order valence-electron chi connectivity index (χ0n) is 23.7. The van der Waals surface area contributed by atoms with Crippen molar-refractivity contribution in [3.8, 4) is 0 Å². The SMILES string of the molecule is CC(C)(C)[Si](c1ccccc1)(c1ccccc1)N1[Si](F)(F)N(c2ccccc2)[Si]1(c1ccccc1)C(C)(C)C. The molecule has 0 bridgehead atoms. The fourth-order valence-corrected chi connectivity index (χ4v) is 32.4. The zero-order chi connectivity index (χ0) is 28.1. The third kappa shape index (κ3) is 3.93. The zero-order valence-corrected chi connectivity index (χ0v) is 26.7. The molecule has 5 rings (SSSR count). The Kier molecular flexibility index (Phi) is 6.86. The summed E-state index contributed by atoms with van der Waals surface area (Å²) in [5, 5.41) is 2.24. The van der Waals surface area contributed by atoms with Gasteiger partial charge < -0.3 is 4.23 Å². The van der Waals surface area contributed by atoms with Gasteiger partial charge in [0.1, 0.15) is 0 Å². The molecule has 0 aliphatic carbocycles. The van der Waals surface area contributed by atoms with Crippen LogP contribution in [0.2, 0.25) is 10.1 Å². The molecule has 0 amide bonds. The summed E-state index contributed by atoms with van der Waals surface area (Å²) in [4.78, 5) is 0. The van der Waals surface area contributed by atoms with Gasteiger partial charge in [-0.15, -0.1) is 0 Å². The minimum Gasteiger partial charge on any atom is -0.346 e. The van der Waals surface area contributed by atoms with Gasteiger partial charge in [-0.25, -0.2) is 8.22 Å². The molecule has 0 aromatic heterocycles. The third-order valence-corrected chi connectivity index (χ3v) is 26.9. The van der Waals surface area contributed by atoms with Crippen molar-refractivity contribution in [1.29, 1.82) is 0 Å². The summed E-state index contributed by atoms with van der Waals surface area (Å²) in [6.07, 6.45) is 0. The molecule has 1 aliphatic rings. The Balaban J connectivity index is 1.98. The lowest BCUT2D eigenvalue weighted by Crippen LogP contribution is -3.05. The molecule has 7 heteroatoms. The Morgan fingerprint density at radius 2 is 0.949 bits per heavy atom. The lowest BCUT2D eigenvalue weighted by Gasteiger charge is -2.73. The number of hydrogen-bond donors (Lipinski definition) is 0. The number of rotatable bonds is 5. The van der Waals surface area contributed by atoms with E-state index in [4.69, 9.17) is 0 Å². The van der Waals surface area contributed by atoms with Gasteiger partial charge in [0.05, 0.1) is 0 Å². The normalized spacial score (nSPS) is 19.9. The third-order valence-electron chi connectivity index (χ3n) is 8.23. The molecule has 39 heavy (non-hydrogen) atoms. The van der Waals surface area contributed by atoms with E-state index in [1.165, 1.54) is 0 Å². The van der Waals surface area contributed by atoms with E-state index in [2.05, 4.69) is 77.9 Å². The van der Waals surface area contributed by atoms with Crippen LogP contribution in [-0.2, 0) is 0 Å². The molecule has 0 saturated carbocycles. The van der Waals surface area contributed by atoms with Crippen LogP contribution < -0.4 is 19.8 Å². The molecular weight excluding hydrogens is 535 g/mol. The fraction of sp³-hybridized carbons (Fsp3) is 0.250. The first-order valence-corrected chi connectivity index (χ1v) is 19.1. The van der Waals surface area contributed by atoms with Crippen LogP contribution in [0.4, 0.5) is 13.9 Å². The number of benzene rings is 4.